The molecule has 2 rings (SSSR count). The molecule has 2 N–H and O–H groups in total. The van der Waals surface area contributed by atoms with Crippen molar-refractivity contribution in [2.75, 3.05) is 18.0 Å². The van der Waals surface area contributed by atoms with Gasteiger partial charge in [0.25, 0.3) is 0 Å². The molecule has 0 fully saturated rings. The number of hydrogen-bond donors (Lipinski definition) is 2. The SMILES string of the molecule is CCNC(C)c1ccc(N(CC)Cc2cccs2)cc1O. The summed E-state index contributed by atoms with van der Waals surface area (Å²) in [5.41, 5.74) is 2.02. The molecular weight excluding hydrogens is 280 g/mol. The third kappa shape index (κ3) is 3.99. The van der Waals surface area contributed by atoms with Crippen molar-refractivity contribution in [1.29, 1.82) is 0 Å². The third-order valence-corrected chi connectivity index (χ3v) is 4.53. The maximum absolute atomic E-state index is 10.3. The van der Waals surface area contributed by atoms with E-state index in [1.165, 1.54) is 4.88 Å². The fourth-order valence-corrected chi connectivity index (χ4v) is 3.21. The lowest BCUT2D eigenvalue weighted by Crippen LogP contribution is -2.22. The third-order valence-electron chi connectivity index (χ3n) is 3.66. The van der Waals surface area contributed by atoms with Crippen LogP contribution in [0, 0.1) is 0 Å². The Morgan fingerprint density at radius 2 is 2.10 bits per heavy atom. The van der Waals surface area contributed by atoms with Gasteiger partial charge in [-0.15, -0.1) is 11.3 Å². The molecule has 3 nitrogen and oxygen atoms in total. The smallest absolute Gasteiger partial charge is 0.122 e. The molecule has 4 heteroatoms. The Hall–Kier alpha value is -1.52. The Labute approximate surface area is 131 Å². The highest BCUT2D eigenvalue weighted by Gasteiger charge is 2.12. The maximum atomic E-state index is 10.3. The summed E-state index contributed by atoms with van der Waals surface area (Å²) >= 11 is 1.77. The average Bonchev–Trinajstić information content (AvgIpc) is 2.97. The number of phenols is 1. The Morgan fingerprint density at radius 3 is 2.67 bits per heavy atom. The largest absolute Gasteiger partial charge is 0.508 e. The molecule has 0 spiro atoms. The van der Waals surface area contributed by atoms with Gasteiger partial charge in [-0.1, -0.05) is 19.1 Å². The highest BCUT2D eigenvalue weighted by atomic mass is 32.1. The fourth-order valence-electron chi connectivity index (χ4n) is 2.49. The van der Waals surface area contributed by atoms with Crippen molar-refractivity contribution in [3.8, 4) is 5.75 Å². The van der Waals surface area contributed by atoms with Crippen molar-refractivity contribution in [3.63, 3.8) is 0 Å². The molecule has 2 aromatic rings. The molecule has 0 bridgehead atoms. The topological polar surface area (TPSA) is 35.5 Å². The summed E-state index contributed by atoms with van der Waals surface area (Å²) in [7, 11) is 0. The van der Waals surface area contributed by atoms with E-state index >= 15 is 0 Å². The van der Waals surface area contributed by atoms with Crippen molar-refractivity contribution in [2.45, 2.75) is 33.4 Å². The van der Waals surface area contributed by atoms with Crippen molar-refractivity contribution in [1.82, 2.24) is 5.32 Å². The summed E-state index contributed by atoms with van der Waals surface area (Å²) < 4.78 is 0. The van der Waals surface area contributed by atoms with Gasteiger partial charge in [0.2, 0.25) is 0 Å². The first-order valence-corrected chi connectivity index (χ1v) is 8.37. The van der Waals surface area contributed by atoms with Crippen molar-refractivity contribution < 1.29 is 5.11 Å². The number of aromatic hydroxyl groups is 1. The quantitative estimate of drug-likeness (QED) is 0.806. The molecule has 0 saturated heterocycles. The van der Waals surface area contributed by atoms with Gasteiger partial charge in [0.05, 0.1) is 6.54 Å². The second-order valence-electron chi connectivity index (χ2n) is 5.12. The number of anilines is 1. The maximum Gasteiger partial charge on any atom is 0.122 e. The van der Waals surface area contributed by atoms with E-state index in [0.717, 1.165) is 30.9 Å². The van der Waals surface area contributed by atoms with Gasteiger partial charge >= 0.3 is 0 Å². The number of rotatable bonds is 7. The van der Waals surface area contributed by atoms with E-state index in [2.05, 4.69) is 54.6 Å². The molecule has 1 unspecified atom stereocenters. The summed E-state index contributed by atoms with van der Waals surface area (Å²) in [6.07, 6.45) is 0. The zero-order chi connectivity index (χ0) is 15.2. The Balaban J connectivity index is 2.17. The standard InChI is InChI=1S/C17H24N2OS/c1-4-18-13(3)16-9-8-14(11-17(16)20)19(5-2)12-15-7-6-10-21-15/h6-11,13,18,20H,4-5,12H2,1-3H3. The number of thiophene rings is 1. The number of hydrogen-bond acceptors (Lipinski definition) is 4. The first-order chi connectivity index (χ1) is 10.2. The second-order valence-corrected chi connectivity index (χ2v) is 6.15. The molecule has 114 valence electrons. The zero-order valence-electron chi connectivity index (χ0n) is 13.0. The predicted octanol–water partition coefficient (Wildman–Crippen LogP) is 4.15. The van der Waals surface area contributed by atoms with Crippen LogP contribution in [0.4, 0.5) is 5.69 Å². The fraction of sp³-hybridized carbons (Fsp3) is 0.412. The minimum absolute atomic E-state index is 0.163. The van der Waals surface area contributed by atoms with Gasteiger partial charge in [-0.25, -0.2) is 0 Å². The van der Waals surface area contributed by atoms with Crippen molar-refractivity contribution in [3.05, 3.63) is 46.2 Å². The van der Waals surface area contributed by atoms with E-state index < -0.39 is 0 Å². The van der Waals surface area contributed by atoms with Gasteiger partial charge in [0, 0.05) is 34.8 Å². The lowest BCUT2D eigenvalue weighted by molar-refractivity contribution is 0.454. The molecule has 1 atom stereocenters. The van der Waals surface area contributed by atoms with Crippen LogP contribution >= 0.6 is 11.3 Å². The summed E-state index contributed by atoms with van der Waals surface area (Å²) in [6.45, 7) is 8.97. The molecule has 1 aromatic carbocycles. The second kappa shape index (κ2) is 7.48. The number of benzene rings is 1. The van der Waals surface area contributed by atoms with Crippen LogP contribution in [0.5, 0.6) is 5.75 Å². The van der Waals surface area contributed by atoms with E-state index in [1.807, 2.05) is 12.1 Å². The Bertz CT molecular complexity index is 554. The van der Waals surface area contributed by atoms with Gasteiger partial charge in [-0.05, 0) is 37.9 Å². The molecule has 0 aliphatic carbocycles. The van der Waals surface area contributed by atoms with Crippen LogP contribution in [0.1, 0.15) is 37.3 Å². The van der Waals surface area contributed by atoms with Gasteiger partial charge in [-0.2, -0.15) is 0 Å². The van der Waals surface area contributed by atoms with Crippen LogP contribution in [0.15, 0.2) is 35.7 Å². The minimum Gasteiger partial charge on any atom is -0.508 e. The molecule has 21 heavy (non-hydrogen) atoms. The molecule has 0 radical (unpaired) electrons. The number of nitrogens with zero attached hydrogens (tertiary/aromatic N) is 1. The lowest BCUT2D eigenvalue weighted by Gasteiger charge is -2.24. The first kappa shape index (κ1) is 15.9. The average molecular weight is 304 g/mol. The Kier molecular flexibility index (Phi) is 5.65. The first-order valence-electron chi connectivity index (χ1n) is 7.49. The van der Waals surface area contributed by atoms with Crippen LogP contribution in [-0.2, 0) is 6.54 Å². The molecular formula is C17H24N2OS. The molecule has 0 aliphatic heterocycles. The van der Waals surface area contributed by atoms with Crippen LogP contribution in [0.3, 0.4) is 0 Å². The minimum atomic E-state index is 0.163. The van der Waals surface area contributed by atoms with Crippen LogP contribution in [-0.4, -0.2) is 18.2 Å². The molecule has 1 heterocycles. The number of nitrogens with one attached hydrogen (secondary N) is 1. The van der Waals surface area contributed by atoms with Crippen LogP contribution in [0.2, 0.25) is 0 Å². The molecule has 0 aliphatic rings. The number of phenolic OH excluding ortho intramolecular Hbond substituents is 1. The van der Waals surface area contributed by atoms with Gasteiger partial charge in [0.15, 0.2) is 0 Å². The van der Waals surface area contributed by atoms with Crippen molar-refractivity contribution >= 4 is 17.0 Å². The van der Waals surface area contributed by atoms with E-state index in [9.17, 15) is 5.11 Å². The van der Waals surface area contributed by atoms with E-state index in [4.69, 9.17) is 0 Å². The van der Waals surface area contributed by atoms with Crippen LogP contribution in [0.25, 0.3) is 0 Å². The van der Waals surface area contributed by atoms with E-state index in [1.54, 1.807) is 11.3 Å². The summed E-state index contributed by atoms with van der Waals surface area (Å²) in [5, 5.41) is 15.7. The highest BCUT2D eigenvalue weighted by Crippen LogP contribution is 2.30. The predicted molar refractivity (Wildman–Crippen MR) is 91.2 cm³/mol. The van der Waals surface area contributed by atoms with E-state index in [-0.39, 0.29) is 6.04 Å². The lowest BCUT2D eigenvalue weighted by atomic mass is 10.1. The van der Waals surface area contributed by atoms with Gasteiger partial charge in [-0.3, -0.25) is 0 Å². The highest BCUT2D eigenvalue weighted by molar-refractivity contribution is 7.09. The zero-order valence-corrected chi connectivity index (χ0v) is 13.8. The van der Waals surface area contributed by atoms with Crippen molar-refractivity contribution in [2.24, 2.45) is 0 Å². The summed E-state index contributed by atoms with van der Waals surface area (Å²) in [4.78, 5) is 3.61. The van der Waals surface area contributed by atoms with E-state index in [0.29, 0.717) is 5.75 Å². The van der Waals surface area contributed by atoms with Crippen LogP contribution < -0.4 is 10.2 Å². The molecule has 0 amide bonds. The molecule has 1 aromatic heterocycles. The van der Waals surface area contributed by atoms with Gasteiger partial charge < -0.3 is 15.3 Å². The Morgan fingerprint density at radius 1 is 1.29 bits per heavy atom. The summed E-state index contributed by atoms with van der Waals surface area (Å²) in [6, 6.07) is 10.4. The summed E-state index contributed by atoms with van der Waals surface area (Å²) in [5.74, 6) is 0.366. The molecule has 0 saturated carbocycles. The normalized spacial score (nSPS) is 12.3. The monoisotopic (exact) mass is 304 g/mol. The van der Waals surface area contributed by atoms with Gasteiger partial charge in [0.1, 0.15) is 5.75 Å².